The van der Waals surface area contributed by atoms with E-state index in [9.17, 15) is 14.4 Å². The summed E-state index contributed by atoms with van der Waals surface area (Å²) in [6, 6.07) is 5.69. The molecule has 1 aromatic heterocycles. The maximum Gasteiger partial charge on any atom is 0.252 e. The average molecular weight is 601 g/mol. The highest BCUT2D eigenvalue weighted by Crippen LogP contribution is 2.29. The second kappa shape index (κ2) is 19.5. The average Bonchev–Trinajstić information content (AvgIpc) is 3.34. The van der Waals surface area contributed by atoms with E-state index in [1.807, 2.05) is 36.9 Å². The van der Waals surface area contributed by atoms with E-state index in [1.54, 1.807) is 32.1 Å². The molecule has 0 aliphatic carbocycles. The van der Waals surface area contributed by atoms with Crippen LogP contribution in [0.15, 0.2) is 35.8 Å². The molecular weight excluding hydrogens is 552 g/mol. The molecule has 0 radical (unpaired) electrons. The smallest absolute Gasteiger partial charge is 0.252 e. The predicted octanol–water partition coefficient (Wildman–Crippen LogP) is 5.58. The molecule has 1 aliphatic rings. The number of carbonyl (C=O) groups is 3. The highest BCUT2D eigenvalue weighted by Gasteiger charge is 2.21. The minimum atomic E-state index is -0.0980. The Hall–Kier alpha value is -3.64. The molecule has 1 aromatic carbocycles. The number of benzene rings is 1. The number of carbonyl (C=O) groups excluding carboxylic acids is 3. The van der Waals surface area contributed by atoms with Crippen molar-refractivity contribution in [2.75, 3.05) is 45.6 Å². The lowest BCUT2D eigenvalue weighted by Crippen LogP contribution is -2.43. The third-order valence-electron chi connectivity index (χ3n) is 6.75. The van der Waals surface area contributed by atoms with Crippen molar-refractivity contribution in [3.63, 3.8) is 0 Å². The molecule has 1 aliphatic heterocycles. The number of hydrogen-bond acceptors (Lipinski definition) is 5. The standard InChI is InChI=1S/C15H19ClN4O.C14H26N2O2.C3H4/c1-4-9(15(21)20(2)3)14(17)19-12-7-5-6-10-11(16)8-18-13(10)12;1-3-10-15(4-2)14(18)12-16-11-8-6-5-7-9-13(16)17;1-3-2/h5-8,18-19H,4,17H2,1-3H3;3-12H2,1-2H3;1H,2H3/b14-9+;;. The Morgan fingerprint density at radius 2 is 1.83 bits per heavy atom. The highest BCUT2D eigenvalue weighted by molar-refractivity contribution is 6.35. The van der Waals surface area contributed by atoms with Crippen LogP contribution in [0.3, 0.4) is 0 Å². The summed E-state index contributed by atoms with van der Waals surface area (Å²) in [5.74, 6) is 2.75. The summed E-state index contributed by atoms with van der Waals surface area (Å²) in [6.45, 7) is 10.1. The van der Waals surface area contributed by atoms with Crippen molar-refractivity contribution in [3.8, 4) is 12.3 Å². The molecule has 1 saturated heterocycles. The molecule has 3 amide bonds. The number of terminal acetylenes is 1. The fourth-order valence-corrected chi connectivity index (χ4v) is 4.76. The van der Waals surface area contributed by atoms with E-state index in [0.717, 1.165) is 61.9 Å². The van der Waals surface area contributed by atoms with Gasteiger partial charge in [-0.2, -0.15) is 0 Å². The van der Waals surface area contributed by atoms with Gasteiger partial charge in [0.25, 0.3) is 5.91 Å². The van der Waals surface area contributed by atoms with Crippen molar-refractivity contribution < 1.29 is 14.4 Å². The molecular formula is C32H49ClN6O3. The van der Waals surface area contributed by atoms with E-state index in [2.05, 4.69) is 29.6 Å². The van der Waals surface area contributed by atoms with Gasteiger partial charge >= 0.3 is 0 Å². The molecule has 2 heterocycles. The molecule has 2 aromatic rings. The summed E-state index contributed by atoms with van der Waals surface area (Å²) in [4.78, 5) is 44.3. The number of rotatable bonds is 9. The van der Waals surface area contributed by atoms with Gasteiger partial charge < -0.3 is 30.7 Å². The van der Waals surface area contributed by atoms with Crippen molar-refractivity contribution in [2.45, 2.75) is 72.6 Å². The van der Waals surface area contributed by atoms with Gasteiger partial charge in [0.2, 0.25) is 11.8 Å². The molecule has 4 N–H and O–H groups in total. The van der Waals surface area contributed by atoms with Gasteiger partial charge in [0.1, 0.15) is 5.82 Å². The minimum absolute atomic E-state index is 0.0910. The Morgan fingerprint density at radius 3 is 2.43 bits per heavy atom. The monoisotopic (exact) mass is 600 g/mol. The summed E-state index contributed by atoms with van der Waals surface area (Å²) < 4.78 is 0. The molecule has 0 bridgehead atoms. The summed E-state index contributed by atoms with van der Waals surface area (Å²) >= 11 is 6.10. The number of halogens is 1. The van der Waals surface area contributed by atoms with Gasteiger partial charge in [-0.1, -0.05) is 50.4 Å². The number of likely N-dealkylation sites (N-methyl/N-ethyl adjacent to an activating group) is 2. The van der Waals surface area contributed by atoms with Gasteiger partial charge in [-0.15, -0.1) is 12.3 Å². The van der Waals surface area contributed by atoms with Crippen molar-refractivity contribution in [3.05, 3.63) is 40.8 Å². The summed E-state index contributed by atoms with van der Waals surface area (Å²) in [5, 5.41) is 4.66. The summed E-state index contributed by atoms with van der Waals surface area (Å²) in [5.41, 5.74) is 8.27. The number of para-hydroxylation sites is 1. The number of hydrogen-bond donors (Lipinski definition) is 3. The van der Waals surface area contributed by atoms with Crippen LogP contribution in [0.2, 0.25) is 5.02 Å². The molecule has 3 rings (SSSR count). The Balaban J connectivity index is 0.000000388. The number of aromatic nitrogens is 1. The first-order valence-electron chi connectivity index (χ1n) is 14.7. The van der Waals surface area contributed by atoms with Gasteiger partial charge in [-0.05, 0) is 45.6 Å². The number of H-pyrrole nitrogens is 1. The van der Waals surface area contributed by atoms with Crippen LogP contribution in [-0.4, -0.2) is 77.7 Å². The summed E-state index contributed by atoms with van der Waals surface area (Å²) in [7, 11) is 3.41. The Morgan fingerprint density at radius 1 is 1.17 bits per heavy atom. The number of anilines is 1. The maximum atomic E-state index is 12.1. The molecule has 0 saturated carbocycles. The number of nitrogens with one attached hydrogen (secondary N) is 2. The normalized spacial score (nSPS) is 13.7. The van der Waals surface area contributed by atoms with E-state index >= 15 is 0 Å². The SMILES string of the molecule is C#CC.CC/C(C(=O)N(C)C)=C(/N)Nc1cccc2c(Cl)c[nH]c12.CCCN(CC)C(=O)CN1CCCCCCC1=O. The van der Waals surface area contributed by atoms with Crippen LogP contribution >= 0.6 is 11.6 Å². The van der Waals surface area contributed by atoms with Crippen molar-refractivity contribution in [2.24, 2.45) is 5.73 Å². The van der Waals surface area contributed by atoms with Crippen LogP contribution in [0, 0.1) is 12.3 Å². The van der Waals surface area contributed by atoms with E-state index in [0.29, 0.717) is 29.3 Å². The zero-order valence-electron chi connectivity index (χ0n) is 26.2. The van der Waals surface area contributed by atoms with Crippen molar-refractivity contribution in [1.29, 1.82) is 0 Å². The molecule has 10 heteroatoms. The third-order valence-corrected chi connectivity index (χ3v) is 7.07. The topological polar surface area (TPSA) is 115 Å². The van der Waals surface area contributed by atoms with Crippen LogP contribution in [0.1, 0.15) is 72.6 Å². The van der Waals surface area contributed by atoms with E-state index in [-0.39, 0.29) is 24.3 Å². The molecule has 1 fully saturated rings. The summed E-state index contributed by atoms with van der Waals surface area (Å²) in [6.07, 6.45) is 12.8. The van der Waals surface area contributed by atoms with Crippen LogP contribution in [-0.2, 0) is 14.4 Å². The molecule has 42 heavy (non-hydrogen) atoms. The van der Waals surface area contributed by atoms with Gasteiger partial charge in [-0.3, -0.25) is 14.4 Å². The first kappa shape index (κ1) is 36.4. The number of aromatic amines is 1. The fourth-order valence-electron chi connectivity index (χ4n) is 4.55. The van der Waals surface area contributed by atoms with Gasteiger partial charge in [0, 0.05) is 51.7 Å². The zero-order chi connectivity index (χ0) is 31.7. The molecule has 0 spiro atoms. The lowest BCUT2D eigenvalue weighted by molar-refractivity contribution is -0.140. The number of nitrogens with two attached hydrogens (primary N) is 1. The Kier molecular flexibility index (Phi) is 16.9. The first-order chi connectivity index (χ1) is 20.1. The van der Waals surface area contributed by atoms with E-state index < -0.39 is 0 Å². The quantitative estimate of drug-likeness (QED) is 0.257. The van der Waals surface area contributed by atoms with Crippen LogP contribution < -0.4 is 11.1 Å². The predicted molar refractivity (Wildman–Crippen MR) is 174 cm³/mol. The van der Waals surface area contributed by atoms with Crippen molar-refractivity contribution in [1.82, 2.24) is 19.7 Å². The Bertz CT molecular complexity index is 1230. The third kappa shape index (κ3) is 11.3. The zero-order valence-corrected chi connectivity index (χ0v) is 26.9. The van der Waals surface area contributed by atoms with Gasteiger partial charge in [0.15, 0.2) is 0 Å². The number of fused-ring (bicyclic) bond motifs is 1. The number of likely N-dealkylation sites (tertiary alicyclic amines) is 1. The molecule has 232 valence electrons. The number of nitrogens with zero attached hydrogens (tertiary/aromatic N) is 3. The minimum Gasteiger partial charge on any atom is -0.385 e. The largest absolute Gasteiger partial charge is 0.385 e. The van der Waals surface area contributed by atoms with Gasteiger partial charge in [0.05, 0.1) is 28.3 Å². The van der Waals surface area contributed by atoms with Gasteiger partial charge in [-0.25, -0.2) is 0 Å². The lowest BCUT2D eigenvalue weighted by Gasteiger charge is -2.28. The lowest BCUT2D eigenvalue weighted by atomic mass is 10.1. The Labute approximate surface area is 256 Å². The molecule has 0 atom stereocenters. The van der Waals surface area contributed by atoms with E-state index in [1.165, 1.54) is 11.3 Å². The highest BCUT2D eigenvalue weighted by atomic mass is 35.5. The second-order valence-electron chi connectivity index (χ2n) is 10.2. The maximum absolute atomic E-state index is 12.1. The van der Waals surface area contributed by atoms with Crippen LogP contribution in [0.4, 0.5) is 5.69 Å². The van der Waals surface area contributed by atoms with E-state index in [4.69, 9.17) is 17.3 Å². The number of amides is 3. The second-order valence-corrected chi connectivity index (χ2v) is 10.6. The van der Waals surface area contributed by atoms with Crippen LogP contribution in [0.5, 0.6) is 0 Å². The molecule has 0 unspecified atom stereocenters. The fraction of sp³-hybridized carbons (Fsp3) is 0.531. The molecule has 9 nitrogen and oxygen atoms in total. The first-order valence-corrected chi connectivity index (χ1v) is 15.1. The van der Waals surface area contributed by atoms with Crippen LogP contribution in [0.25, 0.3) is 10.9 Å². The van der Waals surface area contributed by atoms with Crippen molar-refractivity contribution >= 4 is 45.9 Å².